The Kier molecular flexibility index (Phi) is 3.68. The molecule has 5 nitrogen and oxygen atoms in total. The van der Waals surface area contributed by atoms with Crippen LogP contribution >= 0.6 is 11.3 Å². The van der Waals surface area contributed by atoms with Crippen molar-refractivity contribution >= 4 is 27.0 Å². The van der Waals surface area contributed by atoms with Crippen molar-refractivity contribution in [1.82, 2.24) is 4.72 Å². The van der Waals surface area contributed by atoms with E-state index in [1.54, 1.807) is 5.38 Å². The van der Waals surface area contributed by atoms with E-state index in [0.29, 0.717) is 25.1 Å². The molecule has 1 aliphatic rings. The molecule has 1 aromatic heterocycles. The fourth-order valence-electron chi connectivity index (χ4n) is 2.08. The Morgan fingerprint density at radius 1 is 1.56 bits per heavy atom. The molecule has 0 radical (unpaired) electrons. The molecule has 102 valence electrons. The first-order valence-electron chi connectivity index (χ1n) is 5.79. The van der Waals surface area contributed by atoms with Gasteiger partial charge in [0, 0.05) is 23.7 Å². The van der Waals surface area contributed by atoms with Gasteiger partial charge < -0.3 is 10.5 Å². The number of ether oxygens (including phenoxy) is 1. The van der Waals surface area contributed by atoms with Gasteiger partial charge in [-0.15, -0.1) is 11.3 Å². The third kappa shape index (κ3) is 3.23. The van der Waals surface area contributed by atoms with Crippen LogP contribution in [0.5, 0.6) is 0 Å². The van der Waals surface area contributed by atoms with Crippen LogP contribution in [-0.2, 0) is 14.8 Å². The second-order valence-electron chi connectivity index (χ2n) is 5.12. The number of hydrogen-bond donors (Lipinski definition) is 2. The van der Waals surface area contributed by atoms with E-state index >= 15 is 0 Å². The standard InChI is InChI=1S/C11H18N2O3S2/c1-11(2)6-9(3-4-16-11)13-18(14,15)10-5-8(12)7-17-10/h5,7,9,13H,3-4,6,12H2,1-2H3. The summed E-state index contributed by atoms with van der Waals surface area (Å²) in [6, 6.07) is 1.40. The molecule has 0 bridgehead atoms. The maximum atomic E-state index is 12.1. The summed E-state index contributed by atoms with van der Waals surface area (Å²) in [7, 11) is -3.46. The average molecular weight is 290 g/mol. The summed E-state index contributed by atoms with van der Waals surface area (Å²) in [5.74, 6) is 0. The van der Waals surface area contributed by atoms with Crippen LogP contribution in [0, 0.1) is 0 Å². The number of nitrogens with two attached hydrogens (primary N) is 1. The topological polar surface area (TPSA) is 81.4 Å². The van der Waals surface area contributed by atoms with Gasteiger partial charge in [-0.3, -0.25) is 0 Å². The van der Waals surface area contributed by atoms with E-state index in [1.165, 1.54) is 6.07 Å². The molecule has 0 saturated carbocycles. The van der Waals surface area contributed by atoms with E-state index in [9.17, 15) is 8.42 Å². The highest BCUT2D eigenvalue weighted by Crippen LogP contribution is 2.27. The van der Waals surface area contributed by atoms with E-state index in [0.717, 1.165) is 11.3 Å². The van der Waals surface area contributed by atoms with Crippen molar-refractivity contribution in [3.63, 3.8) is 0 Å². The van der Waals surface area contributed by atoms with Crippen LogP contribution in [0.2, 0.25) is 0 Å². The van der Waals surface area contributed by atoms with Crippen LogP contribution in [-0.4, -0.2) is 26.7 Å². The van der Waals surface area contributed by atoms with E-state index in [2.05, 4.69) is 4.72 Å². The lowest BCUT2D eigenvalue weighted by molar-refractivity contribution is -0.0599. The zero-order valence-electron chi connectivity index (χ0n) is 10.5. The summed E-state index contributed by atoms with van der Waals surface area (Å²) in [6.07, 6.45) is 1.37. The summed E-state index contributed by atoms with van der Waals surface area (Å²) in [4.78, 5) is 0. The van der Waals surface area contributed by atoms with Crippen molar-refractivity contribution in [2.75, 3.05) is 12.3 Å². The van der Waals surface area contributed by atoms with Gasteiger partial charge in [0.05, 0.1) is 5.60 Å². The van der Waals surface area contributed by atoms with Gasteiger partial charge in [-0.05, 0) is 32.8 Å². The molecule has 3 N–H and O–H groups in total. The largest absolute Gasteiger partial charge is 0.398 e. The summed E-state index contributed by atoms with van der Waals surface area (Å²) >= 11 is 1.14. The SMILES string of the molecule is CC1(C)CC(NS(=O)(=O)c2cc(N)cs2)CCO1. The molecular formula is C11H18N2O3S2. The molecule has 1 saturated heterocycles. The number of anilines is 1. The minimum Gasteiger partial charge on any atom is -0.398 e. The number of hydrogen-bond acceptors (Lipinski definition) is 5. The van der Waals surface area contributed by atoms with Crippen molar-refractivity contribution in [3.05, 3.63) is 11.4 Å². The van der Waals surface area contributed by atoms with Crippen LogP contribution in [0.25, 0.3) is 0 Å². The number of rotatable bonds is 3. The maximum Gasteiger partial charge on any atom is 0.250 e. The van der Waals surface area contributed by atoms with Gasteiger partial charge in [0.25, 0.3) is 0 Å². The first kappa shape index (κ1) is 13.8. The summed E-state index contributed by atoms with van der Waals surface area (Å²) in [5, 5.41) is 1.63. The van der Waals surface area contributed by atoms with Crippen molar-refractivity contribution in [3.8, 4) is 0 Å². The number of nitrogens with one attached hydrogen (secondary N) is 1. The van der Waals surface area contributed by atoms with Gasteiger partial charge in [-0.25, -0.2) is 13.1 Å². The summed E-state index contributed by atoms with van der Waals surface area (Å²) in [5.41, 5.74) is 5.75. The lowest BCUT2D eigenvalue weighted by atomic mass is 9.95. The molecule has 2 rings (SSSR count). The lowest BCUT2D eigenvalue weighted by Crippen LogP contribution is -2.45. The van der Waals surface area contributed by atoms with Crippen LogP contribution in [0.15, 0.2) is 15.7 Å². The quantitative estimate of drug-likeness (QED) is 0.885. The first-order chi connectivity index (χ1) is 8.28. The molecule has 1 unspecified atom stereocenters. The smallest absolute Gasteiger partial charge is 0.250 e. The Balaban J connectivity index is 2.09. The Morgan fingerprint density at radius 3 is 2.83 bits per heavy atom. The van der Waals surface area contributed by atoms with E-state index in [-0.39, 0.29) is 15.9 Å². The second kappa shape index (κ2) is 4.80. The molecule has 0 amide bonds. The second-order valence-corrected chi connectivity index (χ2v) is 7.97. The lowest BCUT2D eigenvalue weighted by Gasteiger charge is -2.35. The molecule has 1 atom stereocenters. The van der Waals surface area contributed by atoms with Crippen molar-refractivity contribution in [2.45, 2.75) is 42.5 Å². The highest BCUT2D eigenvalue weighted by molar-refractivity contribution is 7.91. The molecule has 1 aromatic rings. The molecule has 7 heteroatoms. The highest BCUT2D eigenvalue weighted by atomic mass is 32.2. The van der Waals surface area contributed by atoms with Crippen molar-refractivity contribution in [2.24, 2.45) is 0 Å². The third-order valence-corrected chi connectivity index (χ3v) is 5.86. The van der Waals surface area contributed by atoms with Crippen LogP contribution in [0.1, 0.15) is 26.7 Å². The summed E-state index contributed by atoms with van der Waals surface area (Å²) < 4.78 is 32.8. The fraction of sp³-hybridized carbons (Fsp3) is 0.636. The maximum absolute atomic E-state index is 12.1. The molecule has 18 heavy (non-hydrogen) atoms. The van der Waals surface area contributed by atoms with E-state index in [4.69, 9.17) is 10.5 Å². The van der Waals surface area contributed by atoms with Gasteiger partial charge >= 0.3 is 0 Å². The minimum atomic E-state index is -3.46. The molecule has 1 aliphatic heterocycles. The number of thiophene rings is 1. The molecular weight excluding hydrogens is 272 g/mol. The van der Waals surface area contributed by atoms with E-state index < -0.39 is 10.0 Å². The van der Waals surface area contributed by atoms with Gasteiger partial charge in [0.15, 0.2) is 0 Å². The number of nitrogen functional groups attached to an aromatic ring is 1. The highest BCUT2D eigenvalue weighted by Gasteiger charge is 2.31. The van der Waals surface area contributed by atoms with Gasteiger partial charge in [0.1, 0.15) is 4.21 Å². The predicted molar refractivity (Wildman–Crippen MR) is 72.1 cm³/mol. The predicted octanol–water partition coefficient (Wildman–Crippen LogP) is 1.57. The number of sulfonamides is 1. The fourth-order valence-corrected chi connectivity index (χ4v) is 4.45. The minimum absolute atomic E-state index is 0.0814. The Labute approximate surface area is 111 Å². The monoisotopic (exact) mass is 290 g/mol. The van der Waals surface area contributed by atoms with Gasteiger partial charge in [0.2, 0.25) is 10.0 Å². The average Bonchev–Trinajstić information content (AvgIpc) is 2.63. The zero-order chi connectivity index (χ0) is 13.4. The van der Waals surface area contributed by atoms with Crippen LogP contribution < -0.4 is 10.5 Å². The molecule has 0 aliphatic carbocycles. The Hall–Kier alpha value is -0.630. The van der Waals surface area contributed by atoms with Gasteiger partial charge in [-0.1, -0.05) is 0 Å². The van der Waals surface area contributed by atoms with Gasteiger partial charge in [-0.2, -0.15) is 0 Å². The Morgan fingerprint density at radius 2 is 2.28 bits per heavy atom. The normalized spacial score (nSPS) is 24.0. The molecule has 0 spiro atoms. The molecule has 2 heterocycles. The third-order valence-electron chi connectivity index (χ3n) is 2.88. The molecule has 1 fully saturated rings. The van der Waals surface area contributed by atoms with Crippen LogP contribution in [0.4, 0.5) is 5.69 Å². The summed E-state index contributed by atoms with van der Waals surface area (Å²) in [6.45, 7) is 4.51. The van der Waals surface area contributed by atoms with E-state index in [1.807, 2.05) is 13.8 Å². The van der Waals surface area contributed by atoms with Crippen molar-refractivity contribution in [1.29, 1.82) is 0 Å². The van der Waals surface area contributed by atoms with Crippen LogP contribution in [0.3, 0.4) is 0 Å². The molecule has 0 aromatic carbocycles. The zero-order valence-corrected chi connectivity index (χ0v) is 12.1. The van der Waals surface area contributed by atoms with Crippen molar-refractivity contribution < 1.29 is 13.2 Å². The first-order valence-corrected chi connectivity index (χ1v) is 8.15. The Bertz CT molecular complexity index is 522.